The van der Waals surface area contributed by atoms with Gasteiger partial charge in [0.05, 0.1) is 16.6 Å². The summed E-state index contributed by atoms with van der Waals surface area (Å²) in [6.45, 7) is 4.19. The molecule has 5 heteroatoms. The number of rotatable bonds is 4. The van der Waals surface area contributed by atoms with Gasteiger partial charge in [-0.3, -0.25) is 9.36 Å². The number of halogens is 1. The second kappa shape index (κ2) is 6.93. The summed E-state index contributed by atoms with van der Waals surface area (Å²) < 4.78 is 2.68. The van der Waals surface area contributed by atoms with Crippen molar-refractivity contribution >= 4 is 39.2 Å². The molecule has 0 aliphatic carbocycles. The lowest BCUT2D eigenvalue weighted by Gasteiger charge is -2.18. The average Bonchev–Trinajstić information content (AvgIpc) is 2.60. The molecule has 1 atom stereocenters. The van der Waals surface area contributed by atoms with Crippen LogP contribution in [0.15, 0.2) is 47.3 Å². The van der Waals surface area contributed by atoms with E-state index in [1.807, 2.05) is 12.1 Å². The minimum Gasteiger partial charge on any atom is -0.399 e. The summed E-state index contributed by atoms with van der Waals surface area (Å²) in [5.41, 5.74) is 9.19. The predicted molar refractivity (Wildman–Crippen MR) is 108 cm³/mol. The fourth-order valence-corrected chi connectivity index (χ4v) is 3.23. The summed E-state index contributed by atoms with van der Waals surface area (Å²) in [4.78, 5) is 17.9. The minimum atomic E-state index is -0.0440. The number of aromatic nitrogens is 2. The highest BCUT2D eigenvalue weighted by Gasteiger charge is 2.17. The number of nitrogens with two attached hydrogens (primary N) is 1. The standard InChI is InChI=1S/C19H20IN3O/c1-3-12(2)18-22-17-10-14(21)6-9-16(17)19(24)23(18)15-7-4-13(11-20)5-8-15/h4-10,12H,3,11,21H2,1-2H3. The molecule has 0 fully saturated rings. The van der Waals surface area contributed by atoms with Crippen molar-refractivity contribution in [3.8, 4) is 5.69 Å². The molecule has 124 valence electrons. The second-order valence-electron chi connectivity index (χ2n) is 6.00. The first kappa shape index (κ1) is 17.0. The average molecular weight is 433 g/mol. The number of hydrogen-bond donors (Lipinski definition) is 1. The van der Waals surface area contributed by atoms with Crippen molar-refractivity contribution in [3.63, 3.8) is 0 Å². The highest BCUT2D eigenvalue weighted by Crippen LogP contribution is 2.23. The van der Waals surface area contributed by atoms with Crippen LogP contribution in [-0.4, -0.2) is 9.55 Å². The molecular weight excluding hydrogens is 413 g/mol. The molecule has 0 aliphatic rings. The summed E-state index contributed by atoms with van der Waals surface area (Å²) >= 11 is 2.33. The minimum absolute atomic E-state index is 0.0440. The second-order valence-corrected chi connectivity index (χ2v) is 6.76. The molecule has 2 aromatic carbocycles. The van der Waals surface area contributed by atoms with Gasteiger partial charge < -0.3 is 5.73 Å². The zero-order valence-electron chi connectivity index (χ0n) is 13.8. The smallest absolute Gasteiger partial charge is 0.265 e. The van der Waals surface area contributed by atoms with Gasteiger partial charge in [0.2, 0.25) is 0 Å². The lowest BCUT2D eigenvalue weighted by Crippen LogP contribution is -2.25. The van der Waals surface area contributed by atoms with Gasteiger partial charge in [0, 0.05) is 16.0 Å². The number of nitrogen functional groups attached to an aromatic ring is 1. The number of fused-ring (bicyclic) bond motifs is 1. The van der Waals surface area contributed by atoms with Gasteiger partial charge in [-0.1, -0.05) is 48.6 Å². The van der Waals surface area contributed by atoms with Gasteiger partial charge in [0.1, 0.15) is 5.82 Å². The maximum absolute atomic E-state index is 13.1. The van der Waals surface area contributed by atoms with Crippen LogP contribution >= 0.6 is 22.6 Å². The highest BCUT2D eigenvalue weighted by molar-refractivity contribution is 14.1. The summed E-state index contributed by atoms with van der Waals surface area (Å²) in [7, 11) is 0. The molecule has 24 heavy (non-hydrogen) atoms. The SMILES string of the molecule is CCC(C)c1nc2cc(N)ccc2c(=O)n1-c1ccc(CI)cc1. The maximum Gasteiger partial charge on any atom is 0.265 e. The quantitative estimate of drug-likeness (QED) is 0.377. The Balaban J connectivity index is 2.32. The largest absolute Gasteiger partial charge is 0.399 e. The fraction of sp³-hybridized carbons (Fsp3) is 0.263. The van der Waals surface area contributed by atoms with Gasteiger partial charge in [-0.25, -0.2) is 4.98 Å². The highest BCUT2D eigenvalue weighted by atomic mass is 127. The van der Waals surface area contributed by atoms with E-state index in [-0.39, 0.29) is 11.5 Å². The first-order valence-corrected chi connectivity index (χ1v) is 9.55. The number of alkyl halides is 1. The van der Waals surface area contributed by atoms with Crippen molar-refractivity contribution < 1.29 is 0 Å². The molecule has 1 unspecified atom stereocenters. The number of anilines is 1. The topological polar surface area (TPSA) is 60.9 Å². The number of hydrogen-bond acceptors (Lipinski definition) is 3. The molecule has 0 amide bonds. The van der Waals surface area contributed by atoms with E-state index in [2.05, 4.69) is 48.6 Å². The molecule has 1 aromatic heterocycles. The van der Waals surface area contributed by atoms with Gasteiger partial charge in [-0.05, 0) is 42.3 Å². The van der Waals surface area contributed by atoms with Gasteiger partial charge in [0.15, 0.2) is 0 Å². The van der Waals surface area contributed by atoms with Crippen LogP contribution in [0.2, 0.25) is 0 Å². The van der Waals surface area contributed by atoms with Crippen LogP contribution in [0.25, 0.3) is 16.6 Å². The van der Waals surface area contributed by atoms with Crippen molar-refractivity contribution in [3.05, 3.63) is 64.2 Å². The van der Waals surface area contributed by atoms with Crippen LogP contribution in [0, 0.1) is 0 Å². The first-order chi connectivity index (χ1) is 11.5. The van der Waals surface area contributed by atoms with Crippen molar-refractivity contribution in [1.29, 1.82) is 0 Å². The maximum atomic E-state index is 13.1. The van der Waals surface area contributed by atoms with E-state index in [1.165, 1.54) is 5.56 Å². The van der Waals surface area contributed by atoms with Gasteiger partial charge in [-0.15, -0.1) is 0 Å². The Bertz CT molecular complexity index is 932. The Kier molecular flexibility index (Phi) is 4.89. The van der Waals surface area contributed by atoms with Crippen LogP contribution in [-0.2, 0) is 4.43 Å². The summed E-state index contributed by atoms with van der Waals surface area (Å²) in [5, 5.41) is 0.592. The van der Waals surface area contributed by atoms with Crippen molar-refractivity contribution in [2.24, 2.45) is 0 Å². The summed E-state index contributed by atoms with van der Waals surface area (Å²) in [6.07, 6.45) is 0.909. The van der Waals surface area contributed by atoms with Crippen LogP contribution < -0.4 is 11.3 Å². The van der Waals surface area contributed by atoms with Gasteiger partial charge >= 0.3 is 0 Å². The zero-order chi connectivity index (χ0) is 17.3. The normalized spacial score (nSPS) is 12.5. The zero-order valence-corrected chi connectivity index (χ0v) is 15.9. The Morgan fingerprint density at radius 2 is 1.92 bits per heavy atom. The third-order valence-corrected chi connectivity index (χ3v) is 5.20. The molecule has 0 radical (unpaired) electrons. The predicted octanol–water partition coefficient (Wildman–Crippen LogP) is 4.42. The van der Waals surface area contributed by atoms with Crippen LogP contribution in [0.5, 0.6) is 0 Å². The molecular formula is C19H20IN3O. The molecule has 0 saturated carbocycles. The third kappa shape index (κ3) is 3.05. The summed E-state index contributed by atoms with van der Waals surface area (Å²) in [5.74, 6) is 0.954. The van der Waals surface area contributed by atoms with E-state index in [4.69, 9.17) is 10.7 Å². The third-order valence-electron chi connectivity index (χ3n) is 4.32. The van der Waals surface area contributed by atoms with E-state index < -0.39 is 0 Å². The lowest BCUT2D eigenvalue weighted by molar-refractivity contribution is 0.649. The van der Waals surface area contributed by atoms with Crippen molar-refractivity contribution in [2.75, 3.05) is 5.73 Å². The lowest BCUT2D eigenvalue weighted by atomic mass is 10.1. The molecule has 3 aromatic rings. The first-order valence-electron chi connectivity index (χ1n) is 8.02. The van der Waals surface area contributed by atoms with Gasteiger partial charge in [0.25, 0.3) is 5.56 Å². The molecule has 0 spiro atoms. The van der Waals surface area contributed by atoms with E-state index in [9.17, 15) is 4.79 Å². The van der Waals surface area contributed by atoms with E-state index >= 15 is 0 Å². The van der Waals surface area contributed by atoms with Crippen LogP contribution in [0.1, 0.15) is 37.6 Å². The molecule has 4 nitrogen and oxygen atoms in total. The Hall–Kier alpha value is -1.89. The fourth-order valence-electron chi connectivity index (χ4n) is 2.72. The molecule has 0 bridgehead atoms. The number of benzene rings is 2. The molecule has 2 N–H and O–H groups in total. The van der Waals surface area contributed by atoms with Crippen LogP contribution in [0.4, 0.5) is 5.69 Å². The molecule has 0 saturated heterocycles. The van der Waals surface area contributed by atoms with Crippen molar-refractivity contribution in [2.45, 2.75) is 30.6 Å². The monoisotopic (exact) mass is 433 g/mol. The molecule has 3 rings (SSSR count). The van der Waals surface area contributed by atoms with E-state index in [0.29, 0.717) is 16.6 Å². The van der Waals surface area contributed by atoms with Crippen molar-refractivity contribution in [1.82, 2.24) is 9.55 Å². The van der Waals surface area contributed by atoms with Gasteiger partial charge in [-0.2, -0.15) is 0 Å². The molecule has 1 heterocycles. The van der Waals surface area contributed by atoms with Crippen LogP contribution in [0.3, 0.4) is 0 Å². The Morgan fingerprint density at radius 3 is 2.54 bits per heavy atom. The Labute approximate surface area is 154 Å². The van der Waals surface area contributed by atoms with E-state index in [1.54, 1.807) is 22.8 Å². The number of nitrogens with zero attached hydrogens (tertiary/aromatic N) is 2. The Morgan fingerprint density at radius 1 is 1.21 bits per heavy atom. The molecule has 0 aliphatic heterocycles. The summed E-state index contributed by atoms with van der Waals surface area (Å²) in [6, 6.07) is 13.4. The van der Waals surface area contributed by atoms with E-state index in [0.717, 1.165) is 22.4 Å².